The van der Waals surface area contributed by atoms with Gasteiger partial charge < -0.3 is 20.1 Å². The lowest BCUT2D eigenvalue weighted by Gasteiger charge is -2.23. The van der Waals surface area contributed by atoms with Gasteiger partial charge in [0.15, 0.2) is 6.10 Å². The summed E-state index contributed by atoms with van der Waals surface area (Å²) < 4.78 is 42.3. The van der Waals surface area contributed by atoms with Crippen molar-refractivity contribution in [1.82, 2.24) is 4.90 Å². The number of rotatable bonds is 5. The van der Waals surface area contributed by atoms with E-state index in [1.807, 2.05) is 13.8 Å². The average molecular weight is 320 g/mol. The fourth-order valence-electron chi connectivity index (χ4n) is 1.58. The number of para-hydroxylation sites is 2. The summed E-state index contributed by atoms with van der Waals surface area (Å²) in [5, 5.41) is 11.4. The monoisotopic (exact) mass is 320 g/mol. The molecule has 22 heavy (non-hydrogen) atoms. The van der Waals surface area contributed by atoms with E-state index >= 15 is 0 Å². The maximum absolute atomic E-state index is 12.3. The van der Waals surface area contributed by atoms with Crippen LogP contribution in [0.15, 0.2) is 24.3 Å². The first-order valence-corrected chi connectivity index (χ1v) is 6.64. The molecule has 1 unspecified atom stereocenters. The first-order valence-electron chi connectivity index (χ1n) is 6.64. The molecule has 0 aromatic heterocycles. The predicted octanol–water partition coefficient (Wildman–Crippen LogP) is 2.86. The van der Waals surface area contributed by atoms with Gasteiger partial charge in [0.2, 0.25) is 0 Å². The van der Waals surface area contributed by atoms with E-state index in [0.717, 1.165) is 11.9 Å². The number of nitrogens with one attached hydrogen (secondary N) is 1. The summed E-state index contributed by atoms with van der Waals surface area (Å²) >= 11 is 0. The van der Waals surface area contributed by atoms with Crippen LogP contribution in [0.5, 0.6) is 5.75 Å². The van der Waals surface area contributed by atoms with Crippen LogP contribution in [-0.2, 0) is 0 Å². The molecule has 0 saturated heterocycles. The maximum atomic E-state index is 12.3. The fourth-order valence-corrected chi connectivity index (χ4v) is 1.58. The Labute approximate surface area is 126 Å². The van der Waals surface area contributed by atoms with Gasteiger partial charge in [-0.1, -0.05) is 12.1 Å². The van der Waals surface area contributed by atoms with Crippen LogP contribution in [0.3, 0.4) is 0 Å². The highest BCUT2D eigenvalue weighted by Gasteiger charge is 2.39. The third-order valence-electron chi connectivity index (χ3n) is 2.66. The van der Waals surface area contributed by atoms with E-state index < -0.39 is 24.9 Å². The normalized spacial score (nSPS) is 12.9. The maximum Gasteiger partial charge on any atom is 0.416 e. The van der Waals surface area contributed by atoms with Crippen LogP contribution < -0.4 is 10.1 Å². The Morgan fingerprint density at radius 3 is 2.50 bits per heavy atom. The lowest BCUT2D eigenvalue weighted by atomic mass is 10.3. The summed E-state index contributed by atoms with van der Waals surface area (Å²) in [6.45, 7) is 2.76. The molecule has 0 heterocycles. The number of nitrogens with zero attached hydrogens (tertiary/aromatic N) is 1. The van der Waals surface area contributed by atoms with Crippen molar-refractivity contribution in [1.29, 1.82) is 0 Å². The third kappa shape index (κ3) is 5.44. The van der Waals surface area contributed by atoms with Crippen molar-refractivity contribution in [2.45, 2.75) is 32.2 Å². The zero-order chi connectivity index (χ0) is 16.9. The molecule has 1 aromatic carbocycles. The highest BCUT2D eigenvalue weighted by molar-refractivity contribution is 5.90. The second-order valence-corrected chi connectivity index (χ2v) is 5.03. The van der Waals surface area contributed by atoms with Crippen molar-refractivity contribution >= 4 is 11.7 Å². The van der Waals surface area contributed by atoms with Crippen LogP contribution >= 0.6 is 0 Å². The van der Waals surface area contributed by atoms with Crippen LogP contribution in [-0.4, -0.2) is 48.0 Å². The van der Waals surface area contributed by atoms with Crippen LogP contribution in [0.1, 0.15) is 13.8 Å². The summed E-state index contributed by atoms with van der Waals surface area (Å²) in [6, 6.07) is 5.81. The topological polar surface area (TPSA) is 61.8 Å². The minimum atomic E-state index is -4.77. The number of ether oxygens (including phenoxy) is 1. The first-order chi connectivity index (χ1) is 10.1. The Kier molecular flexibility index (Phi) is 6.04. The molecular weight excluding hydrogens is 301 g/mol. The molecule has 0 aliphatic heterocycles. The Hall–Kier alpha value is -1.96. The minimum absolute atomic E-state index is 0.122. The number of hydrogen-bond donors (Lipinski definition) is 2. The lowest BCUT2D eigenvalue weighted by molar-refractivity contribution is -0.205. The molecule has 8 heteroatoms. The molecule has 0 radical (unpaired) electrons. The third-order valence-corrected chi connectivity index (χ3v) is 2.66. The Morgan fingerprint density at radius 2 is 1.95 bits per heavy atom. The number of carbonyl (C=O) groups is 1. The van der Waals surface area contributed by atoms with Crippen molar-refractivity contribution in [3.8, 4) is 5.75 Å². The molecule has 0 fully saturated rings. The van der Waals surface area contributed by atoms with E-state index in [9.17, 15) is 18.0 Å². The summed E-state index contributed by atoms with van der Waals surface area (Å²) in [7, 11) is 1.16. The molecule has 2 amide bonds. The molecule has 1 aromatic rings. The standard InChI is InChI=1S/C14H19F3N2O3/c1-9(2)22-11-7-5-4-6-10(11)18-13(21)19(3)8-12(20)14(15,16)17/h4-7,9,12,20H,8H2,1-3H3,(H,18,21). The van der Waals surface area contributed by atoms with Crippen LogP contribution in [0, 0.1) is 0 Å². The Balaban J connectivity index is 2.72. The summed E-state index contributed by atoms with van der Waals surface area (Å²) in [4.78, 5) is 12.6. The molecule has 0 saturated carbocycles. The van der Waals surface area contributed by atoms with E-state index in [2.05, 4.69) is 5.32 Å². The van der Waals surface area contributed by atoms with Gasteiger partial charge in [-0.2, -0.15) is 13.2 Å². The molecule has 1 atom stereocenters. The van der Waals surface area contributed by atoms with Gasteiger partial charge in [-0.25, -0.2) is 4.79 Å². The number of benzene rings is 1. The van der Waals surface area contributed by atoms with Gasteiger partial charge in [0, 0.05) is 7.05 Å². The number of amides is 2. The molecule has 1 rings (SSSR count). The van der Waals surface area contributed by atoms with Crippen LogP contribution in [0.2, 0.25) is 0 Å². The van der Waals surface area contributed by atoms with Crippen molar-refractivity contribution < 1.29 is 27.8 Å². The van der Waals surface area contributed by atoms with Crippen LogP contribution in [0.25, 0.3) is 0 Å². The van der Waals surface area contributed by atoms with Gasteiger partial charge in [-0.3, -0.25) is 0 Å². The van der Waals surface area contributed by atoms with E-state index in [1.165, 1.54) is 0 Å². The predicted molar refractivity (Wildman–Crippen MR) is 75.9 cm³/mol. The minimum Gasteiger partial charge on any atom is -0.489 e. The molecule has 0 aliphatic rings. The number of urea groups is 1. The number of aliphatic hydroxyl groups is 1. The molecule has 2 N–H and O–H groups in total. The number of carbonyl (C=O) groups excluding carboxylic acids is 1. The average Bonchev–Trinajstić information content (AvgIpc) is 2.39. The molecule has 0 spiro atoms. The van der Waals surface area contributed by atoms with Gasteiger partial charge in [-0.15, -0.1) is 0 Å². The van der Waals surface area contributed by atoms with Gasteiger partial charge in [0.1, 0.15) is 5.75 Å². The van der Waals surface area contributed by atoms with Crippen molar-refractivity contribution in [3.63, 3.8) is 0 Å². The Bertz CT molecular complexity index is 506. The SMILES string of the molecule is CC(C)Oc1ccccc1NC(=O)N(C)CC(O)C(F)(F)F. The number of anilines is 1. The number of halogens is 3. The number of alkyl halides is 3. The van der Waals surface area contributed by atoms with E-state index in [1.54, 1.807) is 24.3 Å². The highest BCUT2D eigenvalue weighted by atomic mass is 19.4. The van der Waals surface area contributed by atoms with Crippen LogP contribution in [0.4, 0.5) is 23.7 Å². The molecule has 124 valence electrons. The number of hydrogen-bond acceptors (Lipinski definition) is 3. The summed E-state index contributed by atoms with van der Waals surface area (Å²) in [6.07, 6.45) is -7.49. The van der Waals surface area contributed by atoms with Crippen molar-refractivity contribution in [2.75, 3.05) is 18.9 Å². The van der Waals surface area contributed by atoms with Crippen molar-refractivity contribution in [2.24, 2.45) is 0 Å². The molecular formula is C14H19F3N2O3. The van der Waals surface area contributed by atoms with Gasteiger partial charge in [0.25, 0.3) is 0 Å². The fraction of sp³-hybridized carbons (Fsp3) is 0.500. The van der Waals surface area contributed by atoms with Gasteiger partial charge in [-0.05, 0) is 26.0 Å². The molecule has 0 bridgehead atoms. The van der Waals surface area contributed by atoms with E-state index in [-0.39, 0.29) is 6.10 Å². The molecule has 0 aliphatic carbocycles. The highest BCUT2D eigenvalue weighted by Crippen LogP contribution is 2.25. The summed E-state index contributed by atoms with van der Waals surface area (Å²) in [5.74, 6) is 0.413. The van der Waals surface area contributed by atoms with Crippen molar-refractivity contribution in [3.05, 3.63) is 24.3 Å². The number of aliphatic hydroxyl groups excluding tert-OH is 1. The second-order valence-electron chi connectivity index (χ2n) is 5.03. The quantitative estimate of drug-likeness (QED) is 0.877. The molecule has 5 nitrogen and oxygen atoms in total. The van der Waals surface area contributed by atoms with Gasteiger partial charge >= 0.3 is 12.2 Å². The van der Waals surface area contributed by atoms with E-state index in [4.69, 9.17) is 9.84 Å². The lowest BCUT2D eigenvalue weighted by Crippen LogP contribution is -2.43. The largest absolute Gasteiger partial charge is 0.489 e. The zero-order valence-corrected chi connectivity index (χ0v) is 12.5. The first kappa shape index (κ1) is 18.1. The zero-order valence-electron chi connectivity index (χ0n) is 12.5. The summed E-state index contributed by atoms with van der Waals surface area (Å²) in [5.41, 5.74) is 0.342. The second kappa shape index (κ2) is 7.35. The van der Waals surface area contributed by atoms with E-state index in [0.29, 0.717) is 11.4 Å². The smallest absolute Gasteiger partial charge is 0.416 e. The Morgan fingerprint density at radius 1 is 1.36 bits per heavy atom. The number of likely N-dealkylation sites (N-methyl/N-ethyl adjacent to an activating group) is 1. The van der Waals surface area contributed by atoms with Gasteiger partial charge in [0.05, 0.1) is 18.3 Å².